The molecule has 2 aliphatic rings. The van der Waals surface area contributed by atoms with E-state index in [4.69, 9.17) is 0 Å². The molecule has 2 atom stereocenters. The lowest BCUT2D eigenvalue weighted by molar-refractivity contribution is 0.101. The fourth-order valence-electron chi connectivity index (χ4n) is 4.62. The largest absolute Gasteiger partial charge is 0.297 e. The summed E-state index contributed by atoms with van der Waals surface area (Å²) in [5.74, 6) is -0.373. The predicted octanol–water partition coefficient (Wildman–Crippen LogP) is 2.01. The Morgan fingerprint density at radius 1 is 0.871 bits per heavy atom. The lowest BCUT2D eigenvalue weighted by atomic mass is 10.1. The second kappa shape index (κ2) is 9.02. The van der Waals surface area contributed by atoms with Gasteiger partial charge in [0.05, 0.1) is 21.7 Å². The van der Waals surface area contributed by atoms with Gasteiger partial charge in [-0.25, -0.2) is 16.8 Å². The van der Waals surface area contributed by atoms with Crippen LogP contribution in [0.3, 0.4) is 0 Å². The molecule has 2 fully saturated rings. The van der Waals surface area contributed by atoms with Gasteiger partial charge in [0.15, 0.2) is 19.7 Å². The first-order valence-electron chi connectivity index (χ1n) is 10.8. The molecular formula is C23H30N2O4S2. The number of rotatable bonds is 6. The zero-order valence-corrected chi connectivity index (χ0v) is 19.5. The third-order valence-electron chi connectivity index (χ3n) is 6.46. The minimum Gasteiger partial charge on any atom is -0.297 e. The van der Waals surface area contributed by atoms with Crippen LogP contribution >= 0.6 is 0 Å². The molecule has 0 aromatic heterocycles. The van der Waals surface area contributed by atoms with Gasteiger partial charge in [-0.15, -0.1) is 0 Å². The number of sulfone groups is 2. The Morgan fingerprint density at radius 3 is 2.13 bits per heavy atom. The summed E-state index contributed by atoms with van der Waals surface area (Å²) in [6, 6.07) is 16.6. The van der Waals surface area contributed by atoms with Crippen molar-refractivity contribution in [2.24, 2.45) is 0 Å². The third kappa shape index (κ3) is 5.03. The first-order valence-corrected chi connectivity index (χ1v) is 14.2. The second-order valence-electron chi connectivity index (χ2n) is 8.52. The first kappa shape index (κ1) is 22.5. The lowest BCUT2D eigenvalue weighted by Crippen LogP contribution is -2.54. The van der Waals surface area contributed by atoms with Gasteiger partial charge in [-0.1, -0.05) is 49.4 Å². The van der Waals surface area contributed by atoms with Crippen molar-refractivity contribution in [2.75, 3.05) is 37.7 Å². The number of piperazine rings is 1. The SMILES string of the molecule is CCc1ccc(S(=O)(=O)C2CS(=O)(=O)CC2N2CCN(Cc3ccccc3)CC2)cc1. The van der Waals surface area contributed by atoms with Crippen LogP contribution in [0.4, 0.5) is 0 Å². The van der Waals surface area contributed by atoms with Crippen molar-refractivity contribution in [3.63, 3.8) is 0 Å². The average molecular weight is 463 g/mol. The molecule has 0 bridgehead atoms. The van der Waals surface area contributed by atoms with Crippen molar-refractivity contribution in [3.8, 4) is 0 Å². The predicted molar refractivity (Wildman–Crippen MR) is 123 cm³/mol. The highest BCUT2D eigenvalue weighted by molar-refractivity contribution is 7.96. The monoisotopic (exact) mass is 462 g/mol. The molecule has 2 aromatic rings. The van der Waals surface area contributed by atoms with Crippen LogP contribution in [0.15, 0.2) is 59.5 Å². The minimum absolute atomic E-state index is 0.0807. The smallest absolute Gasteiger partial charge is 0.183 e. The quantitative estimate of drug-likeness (QED) is 0.654. The van der Waals surface area contributed by atoms with Gasteiger partial charge in [0.2, 0.25) is 0 Å². The molecule has 0 spiro atoms. The summed E-state index contributed by atoms with van der Waals surface area (Å²) >= 11 is 0. The number of nitrogens with zero attached hydrogens (tertiary/aromatic N) is 2. The van der Waals surface area contributed by atoms with Crippen molar-refractivity contribution in [3.05, 3.63) is 65.7 Å². The summed E-state index contributed by atoms with van der Waals surface area (Å²) in [5.41, 5.74) is 2.31. The zero-order chi connectivity index (χ0) is 22.1. The van der Waals surface area contributed by atoms with Crippen LogP contribution in [0.1, 0.15) is 18.1 Å². The normalized spacial score (nSPS) is 24.9. The first-order chi connectivity index (χ1) is 14.8. The Labute approximate surface area is 185 Å². The van der Waals surface area contributed by atoms with Crippen molar-refractivity contribution in [2.45, 2.75) is 36.1 Å². The van der Waals surface area contributed by atoms with E-state index in [0.717, 1.165) is 31.6 Å². The zero-order valence-electron chi connectivity index (χ0n) is 17.9. The van der Waals surface area contributed by atoms with Crippen molar-refractivity contribution in [1.82, 2.24) is 9.80 Å². The molecule has 2 heterocycles. The van der Waals surface area contributed by atoms with Crippen LogP contribution in [0, 0.1) is 0 Å². The van der Waals surface area contributed by atoms with E-state index < -0.39 is 31.0 Å². The maximum Gasteiger partial charge on any atom is 0.183 e. The van der Waals surface area contributed by atoms with Gasteiger partial charge in [-0.3, -0.25) is 9.80 Å². The molecule has 2 saturated heterocycles. The van der Waals surface area contributed by atoms with Gasteiger partial charge >= 0.3 is 0 Å². The summed E-state index contributed by atoms with van der Waals surface area (Å²) < 4.78 is 51.7. The topological polar surface area (TPSA) is 74.8 Å². The van der Waals surface area contributed by atoms with Gasteiger partial charge < -0.3 is 0 Å². The third-order valence-corrected chi connectivity index (χ3v) is 10.6. The standard InChI is InChI=1S/C23H30N2O4S2/c1-2-19-8-10-21(11-9-19)31(28,29)23-18-30(26,27)17-22(23)25-14-12-24(13-15-25)16-20-6-4-3-5-7-20/h3-11,22-23H,2,12-18H2,1H3. The Kier molecular flexibility index (Phi) is 6.53. The molecule has 2 aliphatic heterocycles. The molecular weight excluding hydrogens is 432 g/mol. The van der Waals surface area contributed by atoms with Crippen molar-refractivity contribution < 1.29 is 16.8 Å². The summed E-state index contributed by atoms with van der Waals surface area (Å²) in [5, 5.41) is -0.911. The van der Waals surface area contributed by atoms with Crippen LogP contribution in [0.2, 0.25) is 0 Å². The number of hydrogen-bond acceptors (Lipinski definition) is 6. The molecule has 0 amide bonds. The molecule has 0 saturated carbocycles. The van der Waals surface area contributed by atoms with E-state index in [0.29, 0.717) is 13.1 Å². The number of hydrogen-bond donors (Lipinski definition) is 0. The summed E-state index contributed by atoms with van der Waals surface area (Å²) in [7, 11) is -7.12. The highest BCUT2D eigenvalue weighted by Gasteiger charge is 2.48. The summed E-state index contributed by atoms with van der Waals surface area (Å²) in [6.45, 7) is 5.80. The number of benzene rings is 2. The molecule has 2 aromatic carbocycles. The fourth-order valence-corrected chi connectivity index (χ4v) is 9.45. The fraction of sp³-hybridized carbons (Fsp3) is 0.478. The molecule has 4 rings (SSSR count). The summed E-state index contributed by atoms with van der Waals surface area (Å²) in [6.07, 6.45) is 0.827. The molecule has 8 heteroatoms. The molecule has 0 aliphatic carbocycles. The van der Waals surface area contributed by atoms with Gasteiger partial charge in [-0.05, 0) is 29.7 Å². The maximum atomic E-state index is 13.4. The molecule has 0 radical (unpaired) electrons. The Bertz CT molecular complexity index is 1090. The van der Waals surface area contributed by atoms with Gasteiger partial charge in [0.25, 0.3) is 0 Å². The van der Waals surface area contributed by atoms with Crippen LogP contribution in [0.5, 0.6) is 0 Å². The van der Waals surface area contributed by atoms with E-state index in [1.807, 2.05) is 37.3 Å². The van der Waals surface area contributed by atoms with Crippen LogP contribution in [-0.4, -0.2) is 75.6 Å². The Balaban J connectivity index is 1.49. The lowest BCUT2D eigenvalue weighted by Gasteiger charge is -2.39. The van der Waals surface area contributed by atoms with Crippen LogP contribution in [0.25, 0.3) is 0 Å². The van der Waals surface area contributed by atoms with E-state index >= 15 is 0 Å². The molecule has 2 unspecified atom stereocenters. The molecule has 168 valence electrons. The van der Waals surface area contributed by atoms with Gasteiger partial charge in [-0.2, -0.15) is 0 Å². The maximum absolute atomic E-state index is 13.4. The van der Waals surface area contributed by atoms with E-state index in [1.165, 1.54) is 5.56 Å². The van der Waals surface area contributed by atoms with E-state index in [-0.39, 0.29) is 16.4 Å². The minimum atomic E-state index is -3.73. The average Bonchev–Trinajstić information content (AvgIpc) is 3.11. The number of aryl methyl sites for hydroxylation is 1. The van der Waals surface area contributed by atoms with E-state index in [9.17, 15) is 16.8 Å². The van der Waals surface area contributed by atoms with E-state index in [1.54, 1.807) is 12.1 Å². The van der Waals surface area contributed by atoms with Crippen molar-refractivity contribution >= 4 is 19.7 Å². The van der Waals surface area contributed by atoms with E-state index in [2.05, 4.69) is 21.9 Å². The van der Waals surface area contributed by atoms with Crippen LogP contribution in [-0.2, 0) is 32.6 Å². The molecule has 6 nitrogen and oxygen atoms in total. The second-order valence-corrected chi connectivity index (χ2v) is 12.8. The Hall–Kier alpha value is -1.74. The van der Waals surface area contributed by atoms with Crippen molar-refractivity contribution in [1.29, 1.82) is 0 Å². The Morgan fingerprint density at radius 2 is 1.52 bits per heavy atom. The highest BCUT2D eigenvalue weighted by Crippen LogP contribution is 2.30. The van der Waals surface area contributed by atoms with Gasteiger partial charge in [0.1, 0.15) is 0 Å². The molecule has 31 heavy (non-hydrogen) atoms. The highest BCUT2D eigenvalue weighted by atomic mass is 32.2. The molecule has 0 N–H and O–H groups in total. The van der Waals surface area contributed by atoms with Crippen LogP contribution < -0.4 is 0 Å². The summed E-state index contributed by atoms with van der Waals surface area (Å²) in [4.78, 5) is 4.64. The van der Waals surface area contributed by atoms with Gasteiger partial charge in [0, 0.05) is 38.8 Å².